The van der Waals surface area contributed by atoms with Crippen molar-refractivity contribution in [1.82, 2.24) is 4.98 Å². The summed E-state index contributed by atoms with van der Waals surface area (Å²) >= 11 is 1.31. The second-order valence-electron chi connectivity index (χ2n) is 6.42. The molecule has 0 unspecified atom stereocenters. The van der Waals surface area contributed by atoms with Crippen LogP contribution in [0.15, 0.2) is 63.5 Å². The molecule has 0 fully saturated rings. The monoisotopic (exact) mass is 421 g/mol. The van der Waals surface area contributed by atoms with Gasteiger partial charge in [-0.15, -0.1) is 11.3 Å². The molecule has 4 aromatic rings. The van der Waals surface area contributed by atoms with E-state index in [0.29, 0.717) is 46.5 Å². The van der Waals surface area contributed by atoms with Gasteiger partial charge in [0.2, 0.25) is 5.55 Å². The largest absolute Gasteiger partial charge is 0.508 e. The Balaban J connectivity index is 1.64. The predicted octanol–water partition coefficient (Wildman–Crippen LogP) is 3.85. The van der Waals surface area contributed by atoms with Crippen LogP contribution in [0.1, 0.15) is 10.4 Å². The number of fused-ring (bicyclic) bond motifs is 2. The maximum absolute atomic E-state index is 12.9. The number of ether oxygens (including phenoxy) is 2. The van der Waals surface area contributed by atoms with Crippen molar-refractivity contribution in [3.8, 4) is 17.2 Å². The van der Waals surface area contributed by atoms with Crippen molar-refractivity contribution >= 4 is 39.0 Å². The molecule has 30 heavy (non-hydrogen) atoms. The highest BCUT2D eigenvalue weighted by atomic mass is 32.1. The van der Waals surface area contributed by atoms with Crippen LogP contribution in [0.3, 0.4) is 0 Å². The molecule has 0 aliphatic carbocycles. The summed E-state index contributed by atoms with van der Waals surface area (Å²) in [6, 6.07) is 11.6. The highest BCUT2D eigenvalue weighted by Crippen LogP contribution is 2.33. The van der Waals surface area contributed by atoms with Crippen LogP contribution in [0.4, 0.5) is 10.8 Å². The first-order valence-electron chi connectivity index (χ1n) is 9.08. The molecular weight excluding hydrogens is 406 g/mol. The van der Waals surface area contributed by atoms with E-state index in [-0.39, 0.29) is 16.9 Å². The molecule has 1 amide bonds. The SMILES string of the molecule is O=C(Nc1nccs1)c1cc2ccc(O)cc2oc1=Nc1ccc2c(c1)OCCO2. The second kappa shape index (κ2) is 7.53. The molecule has 2 aromatic heterocycles. The number of thiazole rings is 1. The van der Waals surface area contributed by atoms with E-state index in [2.05, 4.69) is 15.3 Å². The van der Waals surface area contributed by atoms with Crippen molar-refractivity contribution in [3.63, 3.8) is 0 Å². The maximum Gasteiger partial charge on any atom is 0.262 e. The predicted molar refractivity (Wildman–Crippen MR) is 111 cm³/mol. The van der Waals surface area contributed by atoms with Crippen molar-refractivity contribution in [2.24, 2.45) is 4.99 Å². The Morgan fingerprint density at radius 1 is 1.10 bits per heavy atom. The fraction of sp³-hybridized carbons (Fsp3) is 0.0952. The molecule has 9 heteroatoms. The van der Waals surface area contributed by atoms with E-state index in [4.69, 9.17) is 13.9 Å². The quantitative estimate of drug-likeness (QED) is 0.520. The molecule has 1 aliphatic heterocycles. The summed E-state index contributed by atoms with van der Waals surface area (Å²) in [5.41, 5.74) is 1.26. The summed E-state index contributed by atoms with van der Waals surface area (Å²) in [5.74, 6) is 0.869. The number of aromatic hydroxyl groups is 1. The van der Waals surface area contributed by atoms with Crippen molar-refractivity contribution in [2.75, 3.05) is 18.5 Å². The zero-order valence-corrected chi connectivity index (χ0v) is 16.3. The fourth-order valence-electron chi connectivity index (χ4n) is 3.02. The summed E-state index contributed by atoms with van der Waals surface area (Å²) in [6.07, 6.45) is 1.61. The van der Waals surface area contributed by atoms with E-state index < -0.39 is 5.91 Å². The van der Waals surface area contributed by atoms with Gasteiger partial charge in [0.05, 0.1) is 5.69 Å². The average Bonchev–Trinajstić information content (AvgIpc) is 3.26. The molecule has 8 nitrogen and oxygen atoms in total. The Bertz CT molecular complexity index is 1310. The van der Waals surface area contributed by atoms with Crippen LogP contribution in [0.5, 0.6) is 17.2 Å². The number of carbonyl (C=O) groups excluding carboxylic acids is 1. The van der Waals surface area contributed by atoms with Gasteiger partial charge >= 0.3 is 0 Å². The van der Waals surface area contributed by atoms with Gasteiger partial charge in [-0.25, -0.2) is 9.98 Å². The van der Waals surface area contributed by atoms with Gasteiger partial charge in [-0.3, -0.25) is 10.1 Å². The minimum Gasteiger partial charge on any atom is -0.508 e. The van der Waals surface area contributed by atoms with E-state index in [1.807, 2.05) is 0 Å². The Morgan fingerprint density at radius 3 is 2.80 bits per heavy atom. The number of rotatable bonds is 3. The van der Waals surface area contributed by atoms with E-state index in [9.17, 15) is 9.90 Å². The van der Waals surface area contributed by atoms with Gasteiger partial charge in [0.1, 0.15) is 30.1 Å². The van der Waals surface area contributed by atoms with Gasteiger partial charge in [-0.2, -0.15) is 0 Å². The summed E-state index contributed by atoms with van der Waals surface area (Å²) in [6.45, 7) is 0.950. The van der Waals surface area contributed by atoms with Crippen molar-refractivity contribution < 1.29 is 23.8 Å². The third kappa shape index (κ3) is 3.58. The normalized spacial score (nSPS) is 13.4. The third-order valence-corrected chi connectivity index (χ3v) is 5.08. The Kier molecular flexibility index (Phi) is 4.56. The minimum absolute atomic E-state index is 0.0523. The summed E-state index contributed by atoms with van der Waals surface area (Å²) in [5, 5.41) is 15.4. The molecule has 0 radical (unpaired) electrons. The summed E-state index contributed by atoms with van der Waals surface area (Å²) in [7, 11) is 0. The molecule has 0 saturated heterocycles. The number of hydrogen-bond donors (Lipinski definition) is 2. The lowest BCUT2D eigenvalue weighted by Gasteiger charge is -2.18. The van der Waals surface area contributed by atoms with E-state index in [1.54, 1.807) is 41.9 Å². The highest BCUT2D eigenvalue weighted by Gasteiger charge is 2.16. The average molecular weight is 421 g/mol. The van der Waals surface area contributed by atoms with E-state index in [1.165, 1.54) is 23.5 Å². The number of carbonyl (C=O) groups is 1. The first-order valence-corrected chi connectivity index (χ1v) is 9.96. The standard InChI is InChI=1S/C21H15N3O5S/c25-14-3-1-12-9-15(19(26)24-21-22-5-8-30-21)20(29-17(12)11-14)23-13-2-4-16-18(10-13)28-7-6-27-16/h1-5,8-11,25H,6-7H2,(H,22,24,26). The van der Waals surface area contributed by atoms with Crippen LogP contribution in [-0.4, -0.2) is 29.2 Å². The van der Waals surface area contributed by atoms with Crippen molar-refractivity contribution in [1.29, 1.82) is 0 Å². The number of benzene rings is 2. The third-order valence-electron chi connectivity index (χ3n) is 4.39. The van der Waals surface area contributed by atoms with Crippen LogP contribution in [0.25, 0.3) is 11.0 Å². The lowest BCUT2D eigenvalue weighted by Crippen LogP contribution is -2.21. The Labute approximate surface area is 174 Å². The molecule has 3 heterocycles. The molecule has 0 spiro atoms. The fourth-order valence-corrected chi connectivity index (χ4v) is 3.55. The molecule has 2 aromatic carbocycles. The number of anilines is 1. The molecular formula is C21H15N3O5S. The smallest absolute Gasteiger partial charge is 0.262 e. The summed E-state index contributed by atoms with van der Waals surface area (Å²) in [4.78, 5) is 21.5. The lowest BCUT2D eigenvalue weighted by atomic mass is 10.1. The molecule has 2 N–H and O–H groups in total. The molecule has 150 valence electrons. The molecule has 5 rings (SSSR count). The van der Waals surface area contributed by atoms with Gasteiger partial charge in [-0.1, -0.05) is 0 Å². The van der Waals surface area contributed by atoms with Gasteiger partial charge in [0.25, 0.3) is 5.91 Å². The van der Waals surface area contributed by atoms with Gasteiger partial charge in [0.15, 0.2) is 16.6 Å². The van der Waals surface area contributed by atoms with Gasteiger partial charge in [0, 0.05) is 29.1 Å². The summed E-state index contributed by atoms with van der Waals surface area (Å²) < 4.78 is 17.0. The number of phenolic OH excluding ortho intramolecular Hbond substituents is 1. The Hall–Kier alpha value is -3.85. The van der Waals surface area contributed by atoms with Crippen LogP contribution in [0, 0.1) is 0 Å². The number of amides is 1. The second-order valence-corrected chi connectivity index (χ2v) is 7.31. The first-order chi connectivity index (χ1) is 14.7. The molecule has 1 aliphatic rings. The van der Waals surface area contributed by atoms with E-state index in [0.717, 1.165) is 0 Å². The lowest BCUT2D eigenvalue weighted by molar-refractivity contribution is 0.102. The van der Waals surface area contributed by atoms with Crippen LogP contribution < -0.4 is 20.3 Å². The maximum atomic E-state index is 12.9. The Morgan fingerprint density at radius 2 is 1.97 bits per heavy atom. The number of nitrogens with zero attached hydrogens (tertiary/aromatic N) is 2. The van der Waals surface area contributed by atoms with Gasteiger partial charge < -0.3 is 19.0 Å². The topological polar surface area (TPSA) is 106 Å². The molecule has 0 atom stereocenters. The zero-order chi connectivity index (χ0) is 20.5. The minimum atomic E-state index is -0.403. The number of nitrogens with one attached hydrogen (secondary N) is 1. The highest BCUT2D eigenvalue weighted by molar-refractivity contribution is 7.13. The number of phenols is 1. The number of aromatic nitrogens is 1. The van der Waals surface area contributed by atoms with Crippen LogP contribution >= 0.6 is 11.3 Å². The first kappa shape index (κ1) is 18.2. The van der Waals surface area contributed by atoms with Crippen LogP contribution in [0.2, 0.25) is 0 Å². The zero-order valence-electron chi connectivity index (χ0n) is 15.5. The van der Waals surface area contributed by atoms with Crippen molar-refractivity contribution in [2.45, 2.75) is 0 Å². The van der Waals surface area contributed by atoms with Crippen LogP contribution in [-0.2, 0) is 0 Å². The molecule has 0 bridgehead atoms. The van der Waals surface area contributed by atoms with Gasteiger partial charge in [-0.05, 0) is 30.3 Å². The van der Waals surface area contributed by atoms with Crippen molar-refractivity contribution in [3.05, 3.63) is 65.2 Å². The number of hydrogen-bond acceptors (Lipinski definition) is 8. The van der Waals surface area contributed by atoms with E-state index >= 15 is 0 Å². The molecule has 0 saturated carbocycles.